The average molecular weight is 388 g/mol. The van der Waals surface area contributed by atoms with E-state index in [2.05, 4.69) is 12.1 Å². The van der Waals surface area contributed by atoms with E-state index >= 15 is 0 Å². The first-order chi connectivity index (χ1) is 13.1. The monoisotopic (exact) mass is 387 g/mol. The summed E-state index contributed by atoms with van der Waals surface area (Å²) < 4.78 is 33.5. The molecular formula is C21H25NO4S. The first-order valence-electron chi connectivity index (χ1n) is 9.51. The van der Waals surface area contributed by atoms with Crippen LogP contribution in [0.5, 0.6) is 5.75 Å². The second-order valence-corrected chi connectivity index (χ2v) is 9.27. The van der Waals surface area contributed by atoms with Gasteiger partial charge in [0.2, 0.25) is 10.0 Å². The number of hydrogen-bond donors (Lipinski definition) is 1. The van der Waals surface area contributed by atoms with Gasteiger partial charge in [0.25, 0.3) is 0 Å². The third-order valence-electron chi connectivity index (χ3n) is 5.68. The Hall–Kier alpha value is -1.89. The number of rotatable bonds is 4. The van der Waals surface area contributed by atoms with E-state index in [-0.39, 0.29) is 18.4 Å². The summed E-state index contributed by atoms with van der Waals surface area (Å²) in [5, 5.41) is 9.90. The number of benzene rings is 2. The fourth-order valence-electron chi connectivity index (χ4n) is 4.19. The summed E-state index contributed by atoms with van der Waals surface area (Å²) in [6.45, 7) is 1.46. The zero-order valence-electron chi connectivity index (χ0n) is 15.3. The normalized spacial score (nSPS) is 23.4. The van der Waals surface area contributed by atoms with Crippen molar-refractivity contribution in [3.63, 3.8) is 0 Å². The van der Waals surface area contributed by atoms with Gasteiger partial charge in [0, 0.05) is 25.6 Å². The van der Waals surface area contributed by atoms with E-state index in [9.17, 15) is 13.5 Å². The minimum absolute atomic E-state index is 0.0242. The highest BCUT2D eigenvalue weighted by Crippen LogP contribution is 2.36. The van der Waals surface area contributed by atoms with Crippen molar-refractivity contribution < 1.29 is 18.3 Å². The van der Waals surface area contributed by atoms with Crippen molar-refractivity contribution >= 4 is 10.0 Å². The molecule has 0 radical (unpaired) electrons. The molecule has 0 spiro atoms. The van der Waals surface area contributed by atoms with E-state index in [1.54, 1.807) is 18.2 Å². The summed E-state index contributed by atoms with van der Waals surface area (Å²) in [4.78, 5) is 0.321. The number of ether oxygens (including phenoxy) is 1. The third kappa shape index (κ3) is 3.61. The summed E-state index contributed by atoms with van der Waals surface area (Å²) in [6.07, 6.45) is 2.46. The Morgan fingerprint density at radius 3 is 2.74 bits per heavy atom. The molecule has 1 N–H and O–H groups in total. The van der Waals surface area contributed by atoms with Crippen molar-refractivity contribution in [2.75, 3.05) is 26.3 Å². The van der Waals surface area contributed by atoms with Gasteiger partial charge in [0.15, 0.2) is 0 Å². The first-order valence-corrected chi connectivity index (χ1v) is 11.0. The summed E-state index contributed by atoms with van der Waals surface area (Å²) in [7, 11) is -3.58. The highest BCUT2D eigenvalue weighted by molar-refractivity contribution is 7.89. The minimum atomic E-state index is -3.58. The largest absolute Gasteiger partial charge is 0.493 e. The van der Waals surface area contributed by atoms with Crippen molar-refractivity contribution in [3.8, 4) is 5.75 Å². The number of piperidine rings is 1. The van der Waals surface area contributed by atoms with Gasteiger partial charge >= 0.3 is 0 Å². The average Bonchev–Trinajstić information content (AvgIpc) is 2.73. The summed E-state index contributed by atoms with van der Waals surface area (Å²) in [5.41, 5.74) is 2.12. The van der Waals surface area contributed by atoms with Crippen LogP contribution in [0.4, 0.5) is 0 Å². The van der Waals surface area contributed by atoms with Crippen LogP contribution in [0.25, 0.3) is 0 Å². The molecule has 2 aliphatic heterocycles. The third-order valence-corrected chi connectivity index (χ3v) is 7.54. The SMILES string of the molecule is O=S(=O)(c1ccc2c(c1)CCCO2)N1CC[C@@H](c2ccccc2)[C@@H](CO)C1. The molecule has 0 aliphatic carbocycles. The lowest BCUT2D eigenvalue weighted by atomic mass is 9.82. The van der Waals surface area contributed by atoms with Crippen LogP contribution in [-0.4, -0.2) is 44.1 Å². The van der Waals surface area contributed by atoms with Crippen LogP contribution in [0.3, 0.4) is 0 Å². The molecule has 1 saturated heterocycles. The molecule has 2 heterocycles. The number of fused-ring (bicyclic) bond motifs is 1. The quantitative estimate of drug-likeness (QED) is 0.876. The number of aliphatic hydroxyl groups excluding tert-OH is 1. The Labute approximate surface area is 160 Å². The summed E-state index contributed by atoms with van der Waals surface area (Å²) >= 11 is 0. The van der Waals surface area contributed by atoms with E-state index in [0.717, 1.165) is 24.2 Å². The van der Waals surface area contributed by atoms with Crippen molar-refractivity contribution in [2.24, 2.45) is 5.92 Å². The molecule has 2 atom stereocenters. The molecule has 144 valence electrons. The van der Waals surface area contributed by atoms with Gasteiger partial charge in [-0.15, -0.1) is 0 Å². The Balaban J connectivity index is 1.56. The van der Waals surface area contributed by atoms with Gasteiger partial charge in [-0.3, -0.25) is 0 Å². The summed E-state index contributed by atoms with van der Waals surface area (Å²) in [5.74, 6) is 0.868. The lowest BCUT2D eigenvalue weighted by Crippen LogP contribution is -2.44. The Morgan fingerprint density at radius 2 is 1.96 bits per heavy atom. The molecule has 2 aliphatic rings. The van der Waals surface area contributed by atoms with Crippen LogP contribution >= 0.6 is 0 Å². The number of nitrogens with zero attached hydrogens (tertiary/aromatic N) is 1. The number of sulfonamides is 1. The predicted octanol–water partition coefficient (Wildman–Crippen LogP) is 2.80. The maximum atomic E-state index is 13.2. The van der Waals surface area contributed by atoms with Crippen LogP contribution < -0.4 is 4.74 Å². The van der Waals surface area contributed by atoms with E-state index in [4.69, 9.17) is 4.74 Å². The fourth-order valence-corrected chi connectivity index (χ4v) is 5.75. The van der Waals surface area contributed by atoms with E-state index in [0.29, 0.717) is 31.0 Å². The van der Waals surface area contributed by atoms with Gasteiger partial charge in [-0.1, -0.05) is 30.3 Å². The molecule has 1 fully saturated rings. The van der Waals surface area contributed by atoms with Crippen molar-refractivity contribution in [1.82, 2.24) is 4.31 Å². The Bertz CT molecular complexity index is 898. The highest BCUT2D eigenvalue weighted by atomic mass is 32.2. The van der Waals surface area contributed by atoms with Crippen LogP contribution in [-0.2, 0) is 16.4 Å². The van der Waals surface area contributed by atoms with Crippen LogP contribution in [0.2, 0.25) is 0 Å². The topological polar surface area (TPSA) is 66.8 Å². The van der Waals surface area contributed by atoms with Gasteiger partial charge in [0.05, 0.1) is 11.5 Å². The maximum absolute atomic E-state index is 13.2. The second kappa shape index (κ2) is 7.62. The molecule has 2 aromatic carbocycles. The van der Waals surface area contributed by atoms with E-state index in [1.807, 2.05) is 18.2 Å². The maximum Gasteiger partial charge on any atom is 0.243 e. The zero-order valence-corrected chi connectivity index (χ0v) is 16.1. The minimum Gasteiger partial charge on any atom is -0.493 e. The highest BCUT2D eigenvalue weighted by Gasteiger charge is 2.36. The second-order valence-electron chi connectivity index (χ2n) is 7.33. The molecule has 0 amide bonds. The zero-order chi connectivity index (χ0) is 18.9. The molecule has 6 heteroatoms. The molecule has 27 heavy (non-hydrogen) atoms. The molecule has 0 bridgehead atoms. The standard InChI is InChI=1S/C21H25NO4S/c23-15-18-14-22(11-10-20(18)16-5-2-1-3-6-16)27(24,25)19-8-9-21-17(13-19)7-4-12-26-21/h1-3,5-6,8-9,13,18,20,23H,4,7,10-12,14-15H2/t18-,20+/m1/s1. The molecule has 2 aromatic rings. The predicted molar refractivity (Wildman–Crippen MR) is 103 cm³/mol. The molecule has 0 aromatic heterocycles. The Morgan fingerprint density at radius 1 is 1.15 bits per heavy atom. The van der Waals surface area contributed by atoms with Gasteiger partial charge in [0.1, 0.15) is 5.75 Å². The van der Waals surface area contributed by atoms with E-state index < -0.39 is 10.0 Å². The van der Waals surface area contributed by atoms with E-state index in [1.165, 1.54) is 9.87 Å². The summed E-state index contributed by atoms with van der Waals surface area (Å²) in [6, 6.07) is 15.2. The molecular weight excluding hydrogens is 362 g/mol. The molecule has 0 saturated carbocycles. The molecule has 0 unspecified atom stereocenters. The number of aryl methyl sites for hydroxylation is 1. The fraction of sp³-hybridized carbons (Fsp3) is 0.429. The van der Waals surface area contributed by atoms with Crippen molar-refractivity contribution in [2.45, 2.75) is 30.1 Å². The van der Waals surface area contributed by atoms with Crippen LogP contribution in [0.1, 0.15) is 29.9 Å². The number of hydrogen-bond acceptors (Lipinski definition) is 4. The van der Waals surface area contributed by atoms with Gasteiger partial charge in [-0.25, -0.2) is 8.42 Å². The first kappa shape index (κ1) is 18.5. The van der Waals surface area contributed by atoms with Crippen LogP contribution in [0, 0.1) is 5.92 Å². The van der Waals surface area contributed by atoms with Gasteiger partial charge < -0.3 is 9.84 Å². The van der Waals surface area contributed by atoms with Crippen LogP contribution in [0.15, 0.2) is 53.4 Å². The number of aliphatic hydroxyl groups is 1. The smallest absolute Gasteiger partial charge is 0.243 e. The lowest BCUT2D eigenvalue weighted by Gasteiger charge is -2.37. The lowest BCUT2D eigenvalue weighted by molar-refractivity contribution is 0.144. The Kier molecular flexibility index (Phi) is 5.21. The van der Waals surface area contributed by atoms with Gasteiger partial charge in [-0.2, -0.15) is 4.31 Å². The van der Waals surface area contributed by atoms with Crippen molar-refractivity contribution in [1.29, 1.82) is 0 Å². The molecule has 4 rings (SSSR count). The van der Waals surface area contributed by atoms with Crippen molar-refractivity contribution in [3.05, 3.63) is 59.7 Å². The molecule has 5 nitrogen and oxygen atoms in total. The van der Waals surface area contributed by atoms with Gasteiger partial charge in [-0.05, 0) is 54.5 Å².